The summed E-state index contributed by atoms with van der Waals surface area (Å²) < 4.78 is 0. The average Bonchev–Trinajstić information content (AvgIpc) is 3.09. The highest BCUT2D eigenvalue weighted by molar-refractivity contribution is 5.25. The van der Waals surface area contributed by atoms with Gasteiger partial charge in [-0.25, -0.2) is 0 Å². The number of allylic oxidation sites excluding steroid dienone is 1. The summed E-state index contributed by atoms with van der Waals surface area (Å²) in [5.74, 6) is 4.67. The Balaban J connectivity index is 1.48. The standard InChI is InChI=1S/C30H52O2/c1-19(2)30(32,20(3)4)17-12-21(5)25-10-11-26-24-9-8-22-18-23(31)13-15-28(22,6)27(24)14-16-29(25,26)7/h8,19-21,23-27,31-32H,9-18H2,1-7H3/t21-,23+,24+,25-,26+,27+,28+,29-/m1/s1. The molecule has 0 aromatic rings. The molecule has 0 aliphatic heterocycles. The molecule has 3 saturated carbocycles. The lowest BCUT2D eigenvalue weighted by Crippen LogP contribution is -2.51. The summed E-state index contributed by atoms with van der Waals surface area (Å²) >= 11 is 0. The van der Waals surface area contributed by atoms with Crippen LogP contribution in [0.3, 0.4) is 0 Å². The summed E-state index contributed by atoms with van der Waals surface area (Å²) in [5.41, 5.74) is 1.88. The fraction of sp³-hybridized carbons (Fsp3) is 0.933. The van der Waals surface area contributed by atoms with Crippen molar-refractivity contribution in [1.29, 1.82) is 0 Å². The van der Waals surface area contributed by atoms with E-state index >= 15 is 0 Å². The molecule has 0 unspecified atom stereocenters. The van der Waals surface area contributed by atoms with E-state index in [1.165, 1.54) is 38.5 Å². The first-order chi connectivity index (χ1) is 14.9. The first-order valence-electron chi connectivity index (χ1n) is 14.0. The summed E-state index contributed by atoms with van der Waals surface area (Å²) in [6.45, 7) is 16.4. The van der Waals surface area contributed by atoms with Crippen LogP contribution in [0.5, 0.6) is 0 Å². The minimum atomic E-state index is -0.532. The Labute approximate surface area is 198 Å². The van der Waals surface area contributed by atoms with E-state index in [2.05, 4.69) is 54.5 Å². The monoisotopic (exact) mass is 444 g/mol. The molecule has 2 nitrogen and oxygen atoms in total. The SMILES string of the molecule is CC(C)C(O)(CC[C@@H](C)[C@H]1CC[C@H]2[C@@H]3CC=C4C[C@@H](O)CC[C@]4(C)[C@H]3CC[C@]12C)C(C)C. The van der Waals surface area contributed by atoms with Crippen molar-refractivity contribution in [1.82, 2.24) is 0 Å². The largest absolute Gasteiger partial charge is 0.393 e. The van der Waals surface area contributed by atoms with E-state index in [0.29, 0.717) is 28.6 Å². The molecule has 0 bridgehead atoms. The van der Waals surface area contributed by atoms with Gasteiger partial charge < -0.3 is 10.2 Å². The molecule has 184 valence electrons. The Bertz CT molecular complexity index is 700. The zero-order valence-electron chi connectivity index (χ0n) is 22.2. The van der Waals surface area contributed by atoms with Crippen LogP contribution in [0.1, 0.15) is 113 Å². The normalized spacial score (nSPS) is 43.0. The molecular weight excluding hydrogens is 392 g/mol. The van der Waals surface area contributed by atoms with Crippen LogP contribution in [0.2, 0.25) is 0 Å². The van der Waals surface area contributed by atoms with Crippen LogP contribution in [0.4, 0.5) is 0 Å². The average molecular weight is 445 g/mol. The molecule has 0 aromatic carbocycles. The molecule has 0 heterocycles. The van der Waals surface area contributed by atoms with Crippen LogP contribution in [-0.4, -0.2) is 21.9 Å². The number of hydrogen-bond donors (Lipinski definition) is 2. The van der Waals surface area contributed by atoms with E-state index in [1.807, 2.05) is 0 Å². The van der Waals surface area contributed by atoms with E-state index < -0.39 is 5.60 Å². The second-order valence-electron chi connectivity index (χ2n) is 13.7. The quantitative estimate of drug-likeness (QED) is 0.419. The van der Waals surface area contributed by atoms with Crippen molar-refractivity contribution in [3.05, 3.63) is 11.6 Å². The predicted molar refractivity (Wildman–Crippen MR) is 134 cm³/mol. The molecule has 4 rings (SSSR count). The van der Waals surface area contributed by atoms with E-state index in [0.717, 1.165) is 49.4 Å². The topological polar surface area (TPSA) is 40.5 Å². The summed E-state index contributed by atoms with van der Waals surface area (Å²) in [7, 11) is 0. The third kappa shape index (κ3) is 3.84. The van der Waals surface area contributed by atoms with Crippen molar-refractivity contribution in [3.63, 3.8) is 0 Å². The van der Waals surface area contributed by atoms with Crippen LogP contribution >= 0.6 is 0 Å². The lowest BCUT2D eigenvalue weighted by molar-refractivity contribution is -0.0710. The van der Waals surface area contributed by atoms with Crippen LogP contribution in [0.25, 0.3) is 0 Å². The third-order valence-electron chi connectivity index (χ3n) is 11.8. The lowest BCUT2D eigenvalue weighted by atomic mass is 9.47. The molecule has 0 saturated heterocycles. The molecule has 0 aromatic heterocycles. The van der Waals surface area contributed by atoms with Gasteiger partial charge in [-0.05, 0) is 116 Å². The number of rotatable bonds is 6. The number of aliphatic hydroxyl groups excluding tert-OH is 1. The Morgan fingerprint density at radius 2 is 1.66 bits per heavy atom. The van der Waals surface area contributed by atoms with Crippen LogP contribution < -0.4 is 0 Å². The van der Waals surface area contributed by atoms with Gasteiger partial charge in [0.2, 0.25) is 0 Å². The zero-order valence-corrected chi connectivity index (χ0v) is 22.2. The number of hydrogen-bond acceptors (Lipinski definition) is 2. The second-order valence-corrected chi connectivity index (χ2v) is 13.7. The molecule has 32 heavy (non-hydrogen) atoms. The van der Waals surface area contributed by atoms with E-state index in [9.17, 15) is 10.2 Å². The lowest BCUT2D eigenvalue weighted by Gasteiger charge is -2.58. The molecule has 4 aliphatic carbocycles. The molecular formula is C30H52O2. The minimum absolute atomic E-state index is 0.105. The highest BCUT2D eigenvalue weighted by Crippen LogP contribution is 2.67. The van der Waals surface area contributed by atoms with Crippen molar-refractivity contribution in [3.8, 4) is 0 Å². The Morgan fingerprint density at radius 3 is 2.31 bits per heavy atom. The van der Waals surface area contributed by atoms with Crippen LogP contribution in [0, 0.1) is 52.3 Å². The van der Waals surface area contributed by atoms with Gasteiger partial charge in [-0.3, -0.25) is 0 Å². The highest BCUT2D eigenvalue weighted by atomic mass is 16.3. The predicted octanol–water partition coefficient (Wildman–Crippen LogP) is 7.39. The maximum atomic E-state index is 11.3. The fourth-order valence-corrected chi connectivity index (χ4v) is 9.52. The van der Waals surface area contributed by atoms with Gasteiger partial charge in [-0.1, -0.05) is 60.1 Å². The molecule has 0 amide bonds. The number of fused-ring (bicyclic) bond motifs is 5. The van der Waals surface area contributed by atoms with Crippen molar-refractivity contribution in [2.45, 2.75) is 124 Å². The summed E-state index contributed by atoms with van der Waals surface area (Å²) in [5, 5.41) is 21.6. The number of aliphatic hydroxyl groups is 2. The molecule has 2 heteroatoms. The Kier molecular flexibility index (Phi) is 6.74. The molecule has 3 fully saturated rings. The van der Waals surface area contributed by atoms with E-state index in [1.54, 1.807) is 5.57 Å². The third-order valence-corrected chi connectivity index (χ3v) is 11.8. The van der Waals surface area contributed by atoms with Gasteiger partial charge in [-0.15, -0.1) is 0 Å². The molecule has 4 aliphatic rings. The summed E-state index contributed by atoms with van der Waals surface area (Å²) in [4.78, 5) is 0. The van der Waals surface area contributed by atoms with Gasteiger partial charge >= 0.3 is 0 Å². The smallest absolute Gasteiger partial charge is 0.0693 e. The molecule has 2 N–H and O–H groups in total. The minimum Gasteiger partial charge on any atom is -0.393 e. The maximum Gasteiger partial charge on any atom is 0.0693 e. The Morgan fingerprint density at radius 1 is 0.969 bits per heavy atom. The molecule has 0 spiro atoms. The van der Waals surface area contributed by atoms with Crippen LogP contribution in [0.15, 0.2) is 11.6 Å². The second kappa shape index (κ2) is 8.71. The van der Waals surface area contributed by atoms with Gasteiger partial charge in [0.1, 0.15) is 0 Å². The van der Waals surface area contributed by atoms with Gasteiger partial charge in [0, 0.05) is 0 Å². The first kappa shape index (κ1) is 24.8. The van der Waals surface area contributed by atoms with Gasteiger partial charge in [-0.2, -0.15) is 0 Å². The van der Waals surface area contributed by atoms with Crippen molar-refractivity contribution in [2.75, 3.05) is 0 Å². The van der Waals surface area contributed by atoms with Gasteiger partial charge in [0.05, 0.1) is 11.7 Å². The van der Waals surface area contributed by atoms with E-state index in [4.69, 9.17) is 0 Å². The summed E-state index contributed by atoms with van der Waals surface area (Å²) in [6, 6.07) is 0. The highest BCUT2D eigenvalue weighted by Gasteiger charge is 2.59. The maximum absolute atomic E-state index is 11.3. The van der Waals surface area contributed by atoms with Crippen molar-refractivity contribution in [2.24, 2.45) is 52.3 Å². The van der Waals surface area contributed by atoms with Gasteiger partial charge in [0.15, 0.2) is 0 Å². The Hall–Kier alpha value is -0.340. The molecule has 8 atom stereocenters. The summed E-state index contributed by atoms with van der Waals surface area (Å²) in [6.07, 6.45) is 14.5. The van der Waals surface area contributed by atoms with Gasteiger partial charge in [0.25, 0.3) is 0 Å². The fourth-order valence-electron chi connectivity index (χ4n) is 9.52. The molecule has 0 radical (unpaired) electrons. The van der Waals surface area contributed by atoms with E-state index in [-0.39, 0.29) is 6.10 Å². The first-order valence-corrected chi connectivity index (χ1v) is 14.0. The van der Waals surface area contributed by atoms with Crippen LogP contribution in [-0.2, 0) is 0 Å². The van der Waals surface area contributed by atoms with Crippen molar-refractivity contribution >= 4 is 0 Å². The van der Waals surface area contributed by atoms with Crippen molar-refractivity contribution < 1.29 is 10.2 Å². The zero-order chi connectivity index (χ0) is 23.5.